The Bertz CT molecular complexity index is 647. The molecule has 0 aliphatic carbocycles. The number of carbonyl (C=O) groups is 1. The van der Waals surface area contributed by atoms with Gasteiger partial charge in [0.2, 0.25) is 0 Å². The van der Waals surface area contributed by atoms with Gasteiger partial charge >= 0.3 is 0 Å². The summed E-state index contributed by atoms with van der Waals surface area (Å²) >= 11 is 11.1. The van der Waals surface area contributed by atoms with E-state index >= 15 is 0 Å². The highest BCUT2D eigenvalue weighted by molar-refractivity contribution is 9.11. The van der Waals surface area contributed by atoms with Gasteiger partial charge in [-0.3, -0.25) is 4.79 Å². The highest BCUT2D eigenvalue weighted by atomic mass is 79.9. The summed E-state index contributed by atoms with van der Waals surface area (Å²) in [7, 11) is 1.76. The fourth-order valence-electron chi connectivity index (χ4n) is 1.85. The minimum Gasteiger partial charge on any atom is -0.369 e. The van der Waals surface area contributed by atoms with Crippen molar-refractivity contribution in [3.05, 3.63) is 43.6 Å². The molecular weight excluding hydrogens is 374 g/mol. The van der Waals surface area contributed by atoms with Crippen LogP contribution in [0.3, 0.4) is 0 Å². The number of hydrogen-bond donors (Lipinski definition) is 1. The summed E-state index contributed by atoms with van der Waals surface area (Å²) < 4.78 is 1.05. The number of aromatic nitrogens is 1. The first-order chi connectivity index (χ1) is 10.0. The van der Waals surface area contributed by atoms with E-state index in [-0.39, 0.29) is 5.91 Å². The molecule has 0 aromatic carbocycles. The predicted octanol–water partition coefficient (Wildman–Crippen LogP) is 4.26. The second kappa shape index (κ2) is 7.24. The van der Waals surface area contributed by atoms with Crippen LogP contribution in [0.15, 0.2) is 27.5 Å². The first kappa shape index (κ1) is 16.3. The fourth-order valence-corrected chi connectivity index (χ4v) is 3.28. The van der Waals surface area contributed by atoms with Gasteiger partial charge in [-0.05, 0) is 45.9 Å². The van der Waals surface area contributed by atoms with Crippen LogP contribution in [-0.2, 0) is 6.54 Å². The summed E-state index contributed by atoms with van der Waals surface area (Å²) in [4.78, 5) is 18.2. The number of hydrogen-bond acceptors (Lipinski definition) is 4. The van der Waals surface area contributed by atoms with Crippen molar-refractivity contribution in [2.45, 2.75) is 13.5 Å². The van der Waals surface area contributed by atoms with E-state index in [4.69, 9.17) is 11.6 Å². The van der Waals surface area contributed by atoms with E-state index in [9.17, 15) is 4.79 Å². The molecule has 1 amide bonds. The quantitative estimate of drug-likeness (QED) is 0.832. The van der Waals surface area contributed by atoms with Crippen molar-refractivity contribution in [3.63, 3.8) is 0 Å². The zero-order chi connectivity index (χ0) is 15.4. The Kier molecular flexibility index (Phi) is 5.61. The molecule has 0 fully saturated rings. The number of nitrogens with one attached hydrogen (secondary N) is 1. The van der Waals surface area contributed by atoms with E-state index < -0.39 is 0 Å². The molecular formula is C14H15BrClN3OS. The van der Waals surface area contributed by atoms with E-state index in [1.807, 2.05) is 18.4 Å². The van der Waals surface area contributed by atoms with E-state index in [1.165, 1.54) is 0 Å². The smallest absolute Gasteiger partial charge is 0.255 e. The van der Waals surface area contributed by atoms with Gasteiger partial charge in [-0.2, -0.15) is 0 Å². The van der Waals surface area contributed by atoms with Crippen LogP contribution in [-0.4, -0.2) is 29.4 Å². The number of rotatable bonds is 5. The van der Waals surface area contributed by atoms with Crippen LogP contribution in [0.4, 0.5) is 5.82 Å². The SMILES string of the molecule is CCNc1ncc(C(=O)N(C)Cc2csc(Br)c2)cc1Cl. The van der Waals surface area contributed by atoms with Gasteiger partial charge in [0.25, 0.3) is 5.91 Å². The van der Waals surface area contributed by atoms with Gasteiger partial charge in [0, 0.05) is 26.3 Å². The van der Waals surface area contributed by atoms with Crippen LogP contribution in [0.1, 0.15) is 22.8 Å². The summed E-state index contributed by atoms with van der Waals surface area (Å²) in [5.41, 5.74) is 1.57. The Balaban J connectivity index is 2.10. The minimum absolute atomic E-state index is 0.102. The standard InChI is InChI=1S/C14H15BrClN3OS/c1-3-17-13-11(16)5-10(6-18-13)14(20)19(2)7-9-4-12(15)21-8-9/h4-6,8H,3,7H2,1-2H3,(H,17,18). The maximum Gasteiger partial charge on any atom is 0.255 e. The lowest BCUT2D eigenvalue weighted by Crippen LogP contribution is -2.26. The summed E-state index contributed by atoms with van der Waals surface area (Å²) in [6.07, 6.45) is 1.55. The number of carbonyl (C=O) groups excluding carboxylic acids is 1. The normalized spacial score (nSPS) is 10.5. The van der Waals surface area contributed by atoms with E-state index in [0.717, 1.165) is 15.9 Å². The van der Waals surface area contributed by atoms with Crippen molar-refractivity contribution in [3.8, 4) is 0 Å². The number of amides is 1. The first-order valence-electron chi connectivity index (χ1n) is 6.39. The third kappa shape index (κ3) is 4.18. The maximum absolute atomic E-state index is 12.4. The largest absolute Gasteiger partial charge is 0.369 e. The van der Waals surface area contributed by atoms with Gasteiger partial charge in [0.1, 0.15) is 5.82 Å². The zero-order valence-electron chi connectivity index (χ0n) is 11.7. The molecule has 112 valence electrons. The number of pyridine rings is 1. The van der Waals surface area contributed by atoms with Gasteiger partial charge < -0.3 is 10.2 Å². The molecule has 0 atom stereocenters. The first-order valence-corrected chi connectivity index (χ1v) is 8.44. The van der Waals surface area contributed by atoms with Crippen LogP contribution < -0.4 is 5.32 Å². The molecule has 0 aliphatic heterocycles. The molecule has 0 radical (unpaired) electrons. The summed E-state index contributed by atoms with van der Waals surface area (Å²) in [5.74, 6) is 0.495. The Morgan fingerprint density at radius 2 is 2.29 bits per heavy atom. The lowest BCUT2D eigenvalue weighted by Gasteiger charge is -2.17. The number of anilines is 1. The highest BCUT2D eigenvalue weighted by Crippen LogP contribution is 2.23. The van der Waals surface area contributed by atoms with Gasteiger partial charge in [0.05, 0.1) is 14.4 Å². The third-order valence-electron chi connectivity index (χ3n) is 2.82. The monoisotopic (exact) mass is 387 g/mol. The van der Waals surface area contributed by atoms with Crippen LogP contribution in [0, 0.1) is 0 Å². The maximum atomic E-state index is 12.4. The molecule has 21 heavy (non-hydrogen) atoms. The third-order valence-corrected chi connectivity index (χ3v) is 4.66. The van der Waals surface area contributed by atoms with E-state index in [1.54, 1.807) is 35.5 Å². The summed E-state index contributed by atoms with van der Waals surface area (Å²) in [5, 5.41) is 5.52. The topological polar surface area (TPSA) is 45.2 Å². The molecule has 2 heterocycles. The Morgan fingerprint density at radius 3 is 2.86 bits per heavy atom. The predicted molar refractivity (Wildman–Crippen MR) is 91.2 cm³/mol. The molecule has 0 aliphatic rings. The Labute approximate surface area is 141 Å². The average molecular weight is 389 g/mol. The minimum atomic E-state index is -0.102. The molecule has 0 unspecified atom stereocenters. The van der Waals surface area contributed by atoms with Gasteiger partial charge in [-0.25, -0.2) is 4.98 Å². The van der Waals surface area contributed by atoms with Crippen LogP contribution in [0.5, 0.6) is 0 Å². The Morgan fingerprint density at radius 1 is 1.52 bits per heavy atom. The van der Waals surface area contributed by atoms with E-state index in [2.05, 4.69) is 26.2 Å². The molecule has 2 aromatic heterocycles. The van der Waals surface area contributed by atoms with E-state index in [0.29, 0.717) is 22.9 Å². The fraction of sp³-hybridized carbons (Fsp3) is 0.286. The molecule has 0 saturated carbocycles. The molecule has 7 heteroatoms. The second-order valence-corrected chi connectivity index (χ2v) is 7.20. The van der Waals surface area contributed by atoms with Crippen molar-refractivity contribution < 1.29 is 4.79 Å². The van der Waals surface area contributed by atoms with Crippen molar-refractivity contribution >= 4 is 50.6 Å². The molecule has 1 N–H and O–H groups in total. The van der Waals surface area contributed by atoms with Crippen molar-refractivity contribution in [1.29, 1.82) is 0 Å². The zero-order valence-corrected chi connectivity index (χ0v) is 14.8. The molecule has 0 spiro atoms. The second-order valence-electron chi connectivity index (χ2n) is 4.51. The van der Waals surface area contributed by atoms with Crippen molar-refractivity contribution in [2.24, 2.45) is 0 Å². The molecule has 0 bridgehead atoms. The van der Waals surface area contributed by atoms with Crippen molar-refractivity contribution in [1.82, 2.24) is 9.88 Å². The van der Waals surface area contributed by atoms with Crippen LogP contribution in [0.25, 0.3) is 0 Å². The molecule has 4 nitrogen and oxygen atoms in total. The van der Waals surface area contributed by atoms with Gasteiger partial charge in [0.15, 0.2) is 0 Å². The van der Waals surface area contributed by atoms with Gasteiger partial charge in [-0.1, -0.05) is 11.6 Å². The average Bonchev–Trinajstić information content (AvgIpc) is 2.85. The lowest BCUT2D eigenvalue weighted by molar-refractivity contribution is 0.0785. The number of nitrogens with zero attached hydrogens (tertiary/aromatic N) is 2. The number of halogens is 2. The highest BCUT2D eigenvalue weighted by Gasteiger charge is 2.15. The lowest BCUT2D eigenvalue weighted by atomic mass is 10.2. The molecule has 2 aromatic rings. The van der Waals surface area contributed by atoms with Crippen molar-refractivity contribution in [2.75, 3.05) is 18.9 Å². The molecule has 2 rings (SSSR count). The summed E-state index contributed by atoms with van der Waals surface area (Å²) in [6, 6.07) is 3.66. The van der Waals surface area contributed by atoms with Crippen LogP contribution >= 0.6 is 38.9 Å². The summed E-state index contributed by atoms with van der Waals surface area (Å²) in [6.45, 7) is 3.24. The van der Waals surface area contributed by atoms with Gasteiger partial charge in [-0.15, -0.1) is 11.3 Å². The Hall–Kier alpha value is -1.11. The number of thiophene rings is 1. The van der Waals surface area contributed by atoms with Crippen LogP contribution in [0.2, 0.25) is 5.02 Å². The molecule has 0 saturated heterocycles.